The van der Waals surface area contributed by atoms with Gasteiger partial charge in [0.15, 0.2) is 0 Å². The lowest BCUT2D eigenvalue weighted by Crippen LogP contribution is -2.58. The van der Waals surface area contributed by atoms with Gasteiger partial charge in [-0.25, -0.2) is 4.79 Å². The zero-order valence-electron chi connectivity index (χ0n) is 12.2. The molecule has 0 aromatic carbocycles. The zero-order chi connectivity index (χ0) is 15.1. The summed E-state index contributed by atoms with van der Waals surface area (Å²) < 4.78 is 7.50. The first-order valence-corrected chi connectivity index (χ1v) is 7.34. The van der Waals surface area contributed by atoms with E-state index in [1.54, 1.807) is 19.2 Å². The van der Waals surface area contributed by atoms with E-state index in [1.165, 1.54) is 4.57 Å². The Labute approximate surface area is 123 Å². The Morgan fingerprint density at radius 3 is 2.86 bits per heavy atom. The van der Waals surface area contributed by atoms with Gasteiger partial charge in [-0.15, -0.1) is 0 Å². The smallest absolute Gasteiger partial charge is 0.349 e. The average molecular weight is 294 g/mol. The number of hydrogen-bond donors (Lipinski definition) is 3. The van der Waals surface area contributed by atoms with Crippen molar-refractivity contribution in [2.45, 2.75) is 43.4 Å². The first-order chi connectivity index (χ1) is 9.92. The maximum Gasteiger partial charge on any atom is 0.349 e. The highest BCUT2D eigenvalue weighted by Gasteiger charge is 2.49. The van der Waals surface area contributed by atoms with E-state index in [1.807, 2.05) is 0 Å². The summed E-state index contributed by atoms with van der Waals surface area (Å²) in [7, 11) is 0. The second kappa shape index (κ2) is 5.08. The van der Waals surface area contributed by atoms with Crippen LogP contribution in [0, 0.1) is 0 Å². The van der Waals surface area contributed by atoms with Crippen LogP contribution in [-0.4, -0.2) is 45.6 Å². The first-order valence-electron chi connectivity index (χ1n) is 7.34. The van der Waals surface area contributed by atoms with Gasteiger partial charge in [-0.1, -0.05) is 0 Å². The van der Waals surface area contributed by atoms with E-state index in [0.717, 1.165) is 25.9 Å². The van der Waals surface area contributed by atoms with Crippen LogP contribution in [-0.2, 0) is 4.74 Å². The minimum Gasteiger partial charge on any atom is -0.388 e. The molecule has 7 heteroatoms. The minimum atomic E-state index is -1.02. The molecule has 21 heavy (non-hydrogen) atoms. The number of ether oxygens (including phenoxy) is 1. The van der Waals surface area contributed by atoms with Crippen molar-refractivity contribution in [1.29, 1.82) is 0 Å². The molecule has 0 aliphatic carbocycles. The summed E-state index contributed by atoms with van der Waals surface area (Å²) in [5.41, 5.74) is 3.76. The molecule has 2 saturated heterocycles. The third kappa shape index (κ3) is 2.68. The molecule has 0 bridgehead atoms. The van der Waals surface area contributed by atoms with Crippen molar-refractivity contribution in [2.24, 2.45) is 0 Å². The fourth-order valence-electron chi connectivity index (χ4n) is 3.50. The van der Waals surface area contributed by atoms with Crippen LogP contribution in [0.5, 0.6) is 0 Å². The molecular weight excluding hydrogens is 272 g/mol. The lowest BCUT2D eigenvalue weighted by molar-refractivity contribution is -0.190. The van der Waals surface area contributed by atoms with E-state index in [9.17, 15) is 9.90 Å². The van der Waals surface area contributed by atoms with Crippen molar-refractivity contribution in [3.63, 3.8) is 0 Å². The fourth-order valence-corrected chi connectivity index (χ4v) is 3.50. The summed E-state index contributed by atoms with van der Waals surface area (Å²) in [5.74, 6) is 0.183. The molecule has 3 heterocycles. The SMILES string of the molecule is C[C@@]1(O)CC2(CCNCC2)OC[C@H]1n1ccc(N)nc1=O. The molecule has 4 N–H and O–H groups in total. The quantitative estimate of drug-likeness (QED) is 0.655. The van der Waals surface area contributed by atoms with E-state index in [-0.39, 0.29) is 11.4 Å². The molecule has 2 aliphatic rings. The number of nitrogens with zero attached hydrogens (tertiary/aromatic N) is 2. The second-order valence-corrected chi connectivity index (χ2v) is 6.34. The molecule has 1 spiro atoms. The van der Waals surface area contributed by atoms with E-state index in [2.05, 4.69) is 10.3 Å². The first kappa shape index (κ1) is 14.5. The van der Waals surface area contributed by atoms with Crippen LogP contribution in [0.25, 0.3) is 0 Å². The predicted octanol–water partition coefficient (Wildman–Crippen LogP) is -0.340. The van der Waals surface area contributed by atoms with Gasteiger partial charge in [-0.05, 0) is 38.9 Å². The molecule has 3 rings (SSSR count). The van der Waals surface area contributed by atoms with E-state index >= 15 is 0 Å². The minimum absolute atomic E-state index is 0.183. The van der Waals surface area contributed by atoms with Crippen molar-refractivity contribution in [1.82, 2.24) is 14.9 Å². The van der Waals surface area contributed by atoms with Crippen LogP contribution in [0.15, 0.2) is 17.1 Å². The lowest BCUT2D eigenvalue weighted by atomic mass is 9.76. The zero-order valence-corrected chi connectivity index (χ0v) is 12.2. The number of nitrogens with two attached hydrogens (primary N) is 1. The maximum atomic E-state index is 12.0. The third-order valence-corrected chi connectivity index (χ3v) is 4.65. The number of piperidine rings is 1. The van der Waals surface area contributed by atoms with Gasteiger partial charge >= 0.3 is 5.69 Å². The number of rotatable bonds is 1. The van der Waals surface area contributed by atoms with Gasteiger partial charge in [0.25, 0.3) is 0 Å². The molecule has 0 saturated carbocycles. The van der Waals surface area contributed by atoms with Crippen molar-refractivity contribution < 1.29 is 9.84 Å². The Morgan fingerprint density at radius 1 is 1.52 bits per heavy atom. The molecule has 116 valence electrons. The highest BCUT2D eigenvalue weighted by atomic mass is 16.5. The number of hydrogen-bond acceptors (Lipinski definition) is 6. The van der Waals surface area contributed by atoms with Crippen LogP contribution in [0.1, 0.15) is 32.2 Å². The maximum absolute atomic E-state index is 12.0. The number of nitrogens with one attached hydrogen (secondary N) is 1. The van der Waals surface area contributed by atoms with Gasteiger partial charge in [0.2, 0.25) is 0 Å². The average Bonchev–Trinajstić information content (AvgIpc) is 2.40. The standard InChI is InChI=1S/C14H22N4O3/c1-13(20)9-14(3-5-16-6-4-14)21-8-10(13)18-7-2-11(15)17-12(18)19/h2,7,10,16,20H,3-6,8-9H2,1H3,(H2,15,17,19)/t10-,13-/m1/s1. The van der Waals surface area contributed by atoms with Gasteiger partial charge in [0.05, 0.1) is 23.9 Å². The molecule has 0 unspecified atom stereocenters. The molecular formula is C14H22N4O3. The summed E-state index contributed by atoms with van der Waals surface area (Å²) in [5, 5.41) is 14.2. The van der Waals surface area contributed by atoms with Crippen molar-refractivity contribution >= 4 is 5.82 Å². The topological polar surface area (TPSA) is 102 Å². The highest BCUT2D eigenvalue weighted by molar-refractivity contribution is 5.24. The number of aliphatic hydroxyl groups is 1. The fraction of sp³-hybridized carbons (Fsp3) is 0.714. The van der Waals surface area contributed by atoms with Crippen molar-refractivity contribution in [3.8, 4) is 0 Å². The van der Waals surface area contributed by atoms with Crippen LogP contribution in [0.3, 0.4) is 0 Å². The summed E-state index contributed by atoms with van der Waals surface area (Å²) >= 11 is 0. The molecule has 2 atom stereocenters. The van der Waals surface area contributed by atoms with Crippen LogP contribution >= 0.6 is 0 Å². The second-order valence-electron chi connectivity index (χ2n) is 6.34. The Morgan fingerprint density at radius 2 is 2.24 bits per heavy atom. The molecule has 0 amide bonds. The Bertz CT molecular complexity index is 578. The van der Waals surface area contributed by atoms with Crippen molar-refractivity contribution in [2.75, 3.05) is 25.4 Å². The van der Waals surface area contributed by atoms with Gasteiger partial charge in [0.1, 0.15) is 5.82 Å². The molecule has 0 radical (unpaired) electrons. The van der Waals surface area contributed by atoms with Crippen LogP contribution < -0.4 is 16.7 Å². The lowest BCUT2D eigenvalue weighted by Gasteiger charge is -2.50. The highest BCUT2D eigenvalue weighted by Crippen LogP contribution is 2.42. The summed E-state index contributed by atoms with van der Waals surface area (Å²) in [4.78, 5) is 15.7. The summed E-state index contributed by atoms with van der Waals surface area (Å²) in [6.07, 6.45) is 3.85. The Kier molecular flexibility index (Phi) is 3.51. The van der Waals surface area contributed by atoms with Gasteiger partial charge in [-0.2, -0.15) is 4.98 Å². The van der Waals surface area contributed by atoms with Crippen molar-refractivity contribution in [3.05, 3.63) is 22.7 Å². The van der Waals surface area contributed by atoms with Gasteiger partial charge < -0.3 is 20.9 Å². The van der Waals surface area contributed by atoms with Gasteiger partial charge in [0, 0.05) is 12.6 Å². The largest absolute Gasteiger partial charge is 0.388 e. The normalized spacial score (nSPS) is 32.2. The third-order valence-electron chi connectivity index (χ3n) is 4.65. The molecule has 1 aromatic rings. The molecule has 2 aliphatic heterocycles. The summed E-state index contributed by atoms with van der Waals surface area (Å²) in [6.45, 7) is 3.86. The predicted molar refractivity (Wildman–Crippen MR) is 78.0 cm³/mol. The van der Waals surface area contributed by atoms with E-state index in [0.29, 0.717) is 13.0 Å². The summed E-state index contributed by atoms with van der Waals surface area (Å²) in [6, 6.07) is 1.12. The monoisotopic (exact) mass is 294 g/mol. The Balaban J connectivity index is 1.87. The van der Waals surface area contributed by atoms with Crippen LogP contribution in [0.4, 0.5) is 5.82 Å². The molecule has 2 fully saturated rings. The molecule has 7 nitrogen and oxygen atoms in total. The number of aromatic nitrogens is 2. The van der Waals surface area contributed by atoms with E-state index < -0.39 is 17.3 Å². The number of anilines is 1. The van der Waals surface area contributed by atoms with E-state index in [4.69, 9.17) is 10.5 Å². The Hall–Kier alpha value is -1.44. The molecule has 1 aromatic heterocycles. The number of nitrogen functional groups attached to an aromatic ring is 1. The van der Waals surface area contributed by atoms with Crippen LogP contribution in [0.2, 0.25) is 0 Å². The van der Waals surface area contributed by atoms with Gasteiger partial charge in [-0.3, -0.25) is 4.57 Å².